The lowest BCUT2D eigenvalue weighted by molar-refractivity contribution is 0.0769. The second-order valence-electron chi connectivity index (χ2n) is 3.93. The van der Waals surface area contributed by atoms with Gasteiger partial charge in [-0.1, -0.05) is 30.3 Å². The minimum Gasteiger partial charge on any atom is -0.360 e. The van der Waals surface area contributed by atoms with Crippen LogP contribution in [-0.4, -0.2) is 11.2 Å². The Morgan fingerprint density at radius 1 is 1.11 bits per heavy atom. The largest absolute Gasteiger partial charge is 0.360 e. The summed E-state index contributed by atoms with van der Waals surface area (Å²) in [6.07, 6.45) is 2.58. The third-order valence-corrected chi connectivity index (χ3v) is 3.02. The van der Waals surface area contributed by atoms with E-state index in [1.807, 2.05) is 18.2 Å². The van der Waals surface area contributed by atoms with E-state index in [9.17, 15) is 4.79 Å². The molecule has 0 amide bonds. The van der Waals surface area contributed by atoms with Crippen molar-refractivity contribution in [1.29, 1.82) is 0 Å². The molecule has 2 aromatic rings. The van der Waals surface area contributed by atoms with Crippen molar-refractivity contribution in [3.63, 3.8) is 0 Å². The van der Waals surface area contributed by atoms with Crippen LogP contribution in [0, 0.1) is 0 Å². The molecule has 0 atom stereocenters. The molecule has 1 heterocycles. The first kappa shape index (κ1) is 13.1. The minimum absolute atomic E-state index is 0.0575. The number of aromatic nitrogens is 1. The van der Waals surface area contributed by atoms with E-state index >= 15 is 0 Å². The average molecular weight is 308 g/mol. The van der Waals surface area contributed by atoms with Gasteiger partial charge in [0.15, 0.2) is 0 Å². The molecule has 4 heteroatoms. The van der Waals surface area contributed by atoms with Crippen molar-refractivity contribution < 1.29 is 4.74 Å². The van der Waals surface area contributed by atoms with Crippen LogP contribution in [0.4, 0.5) is 0 Å². The maximum atomic E-state index is 11.5. The first-order chi connectivity index (χ1) is 8.75. The molecule has 0 saturated heterocycles. The molecule has 0 saturated carbocycles. The molecular formula is C14H14BrNO2. The SMILES string of the molecule is O=c1ccc(Br)cn1COCCc1ccccc1. The molecule has 3 nitrogen and oxygen atoms in total. The number of halogens is 1. The van der Waals surface area contributed by atoms with Gasteiger partial charge in [0, 0.05) is 16.7 Å². The standard InChI is InChI=1S/C14H14BrNO2/c15-13-6-7-14(17)16(10-13)11-18-9-8-12-4-2-1-3-5-12/h1-7,10H,8-9,11H2. The molecule has 0 aliphatic rings. The molecule has 0 unspecified atom stereocenters. The smallest absolute Gasteiger partial charge is 0.252 e. The molecular weight excluding hydrogens is 294 g/mol. The molecule has 0 bridgehead atoms. The Kier molecular flexibility index (Phi) is 4.73. The number of hydrogen-bond donors (Lipinski definition) is 0. The van der Waals surface area contributed by atoms with Crippen LogP contribution < -0.4 is 5.56 Å². The van der Waals surface area contributed by atoms with Crippen molar-refractivity contribution >= 4 is 15.9 Å². The summed E-state index contributed by atoms with van der Waals surface area (Å²) in [5, 5.41) is 0. The van der Waals surface area contributed by atoms with Gasteiger partial charge in [-0.05, 0) is 34.0 Å². The molecule has 1 aromatic carbocycles. The highest BCUT2D eigenvalue weighted by atomic mass is 79.9. The topological polar surface area (TPSA) is 31.2 Å². The number of hydrogen-bond acceptors (Lipinski definition) is 2. The van der Waals surface area contributed by atoms with Crippen molar-refractivity contribution in [2.24, 2.45) is 0 Å². The highest BCUT2D eigenvalue weighted by Crippen LogP contribution is 2.05. The summed E-state index contributed by atoms with van der Waals surface area (Å²) in [4.78, 5) is 11.5. The van der Waals surface area contributed by atoms with Crippen LogP contribution in [-0.2, 0) is 17.9 Å². The zero-order chi connectivity index (χ0) is 12.8. The molecule has 0 aliphatic carbocycles. The summed E-state index contributed by atoms with van der Waals surface area (Å²) in [6.45, 7) is 0.883. The monoisotopic (exact) mass is 307 g/mol. The van der Waals surface area contributed by atoms with Gasteiger partial charge >= 0.3 is 0 Å². The van der Waals surface area contributed by atoms with Gasteiger partial charge in [-0.2, -0.15) is 0 Å². The fourth-order valence-electron chi connectivity index (χ4n) is 1.60. The second kappa shape index (κ2) is 6.52. The molecule has 18 heavy (non-hydrogen) atoms. The quantitative estimate of drug-likeness (QED) is 0.795. The van der Waals surface area contributed by atoms with Crippen LogP contribution in [0.5, 0.6) is 0 Å². The first-order valence-corrected chi connectivity index (χ1v) is 6.53. The third kappa shape index (κ3) is 3.82. The summed E-state index contributed by atoms with van der Waals surface area (Å²) in [6, 6.07) is 13.4. The number of nitrogens with zero attached hydrogens (tertiary/aromatic N) is 1. The van der Waals surface area contributed by atoms with Crippen LogP contribution >= 0.6 is 15.9 Å². The summed E-state index contributed by atoms with van der Waals surface area (Å²) in [7, 11) is 0. The maximum absolute atomic E-state index is 11.5. The second-order valence-corrected chi connectivity index (χ2v) is 4.84. The number of pyridine rings is 1. The van der Waals surface area contributed by atoms with E-state index in [0.29, 0.717) is 6.61 Å². The number of ether oxygens (including phenoxy) is 1. The van der Waals surface area contributed by atoms with Crippen LogP contribution in [0.1, 0.15) is 5.56 Å². The Morgan fingerprint density at radius 3 is 2.67 bits per heavy atom. The normalized spacial score (nSPS) is 10.5. The van der Waals surface area contributed by atoms with Gasteiger partial charge in [0.1, 0.15) is 6.73 Å². The van der Waals surface area contributed by atoms with Gasteiger partial charge in [-0.15, -0.1) is 0 Å². The van der Waals surface area contributed by atoms with E-state index in [2.05, 4.69) is 28.1 Å². The zero-order valence-corrected chi connectivity index (χ0v) is 11.5. The molecule has 0 spiro atoms. The van der Waals surface area contributed by atoms with E-state index in [1.54, 1.807) is 12.3 Å². The molecule has 0 fully saturated rings. The lowest BCUT2D eigenvalue weighted by atomic mass is 10.2. The summed E-state index contributed by atoms with van der Waals surface area (Å²) in [5.74, 6) is 0. The summed E-state index contributed by atoms with van der Waals surface area (Å²) >= 11 is 3.33. The minimum atomic E-state index is -0.0575. The molecule has 1 aromatic heterocycles. The molecule has 94 valence electrons. The van der Waals surface area contributed by atoms with Gasteiger partial charge in [0.25, 0.3) is 5.56 Å². The van der Waals surface area contributed by atoms with Crippen LogP contribution in [0.15, 0.2) is 57.9 Å². The van der Waals surface area contributed by atoms with E-state index in [0.717, 1.165) is 10.9 Å². The van der Waals surface area contributed by atoms with Gasteiger partial charge in [0.2, 0.25) is 0 Å². The lowest BCUT2D eigenvalue weighted by Gasteiger charge is -2.07. The van der Waals surface area contributed by atoms with Crippen molar-refractivity contribution in [3.8, 4) is 0 Å². The predicted octanol–water partition coefficient (Wildman–Crippen LogP) is 2.83. The Bertz CT molecular complexity index is 551. The van der Waals surface area contributed by atoms with Crippen molar-refractivity contribution in [3.05, 3.63) is 69.1 Å². The highest BCUT2D eigenvalue weighted by Gasteiger charge is 1.97. The van der Waals surface area contributed by atoms with E-state index in [-0.39, 0.29) is 12.3 Å². The Labute approximate surface area is 114 Å². The van der Waals surface area contributed by atoms with Gasteiger partial charge in [-0.25, -0.2) is 0 Å². The fourth-order valence-corrected chi connectivity index (χ4v) is 1.98. The van der Waals surface area contributed by atoms with Gasteiger partial charge in [0.05, 0.1) is 6.61 Å². The zero-order valence-electron chi connectivity index (χ0n) is 9.88. The van der Waals surface area contributed by atoms with E-state index < -0.39 is 0 Å². The number of rotatable bonds is 5. The lowest BCUT2D eigenvalue weighted by Crippen LogP contribution is -2.20. The van der Waals surface area contributed by atoms with Crippen LogP contribution in [0.25, 0.3) is 0 Å². The third-order valence-electron chi connectivity index (χ3n) is 2.56. The summed E-state index contributed by atoms with van der Waals surface area (Å²) in [5.41, 5.74) is 1.18. The van der Waals surface area contributed by atoms with Crippen LogP contribution in [0.2, 0.25) is 0 Å². The Balaban J connectivity index is 1.82. The Morgan fingerprint density at radius 2 is 1.89 bits per heavy atom. The summed E-state index contributed by atoms with van der Waals surface area (Å²) < 4.78 is 7.91. The molecule has 2 rings (SSSR count). The van der Waals surface area contributed by atoms with Crippen LogP contribution in [0.3, 0.4) is 0 Å². The van der Waals surface area contributed by atoms with Crippen molar-refractivity contribution in [1.82, 2.24) is 4.57 Å². The number of benzene rings is 1. The highest BCUT2D eigenvalue weighted by molar-refractivity contribution is 9.10. The predicted molar refractivity (Wildman–Crippen MR) is 74.5 cm³/mol. The molecule has 0 N–H and O–H groups in total. The maximum Gasteiger partial charge on any atom is 0.252 e. The van der Waals surface area contributed by atoms with E-state index in [4.69, 9.17) is 4.74 Å². The molecule has 0 radical (unpaired) electrons. The average Bonchev–Trinajstić information content (AvgIpc) is 2.40. The fraction of sp³-hybridized carbons (Fsp3) is 0.214. The Hall–Kier alpha value is -1.39. The van der Waals surface area contributed by atoms with Gasteiger partial charge < -0.3 is 4.74 Å². The van der Waals surface area contributed by atoms with Crippen molar-refractivity contribution in [2.45, 2.75) is 13.2 Å². The molecule has 0 aliphatic heterocycles. The first-order valence-electron chi connectivity index (χ1n) is 5.73. The van der Waals surface area contributed by atoms with Gasteiger partial charge in [-0.3, -0.25) is 9.36 Å². The van der Waals surface area contributed by atoms with Crippen molar-refractivity contribution in [2.75, 3.05) is 6.61 Å². The van der Waals surface area contributed by atoms with E-state index in [1.165, 1.54) is 16.2 Å².